The second-order valence-corrected chi connectivity index (χ2v) is 16.2. The molecule has 2 atom stereocenters. The summed E-state index contributed by atoms with van der Waals surface area (Å²) in [4.78, 5) is 34.7. The number of aromatic amines is 1. The number of esters is 1. The predicted octanol–water partition coefficient (Wildman–Crippen LogP) is 8.03. The van der Waals surface area contributed by atoms with E-state index in [0.717, 1.165) is 18.4 Å². The molecule has 0 bridgehead atoms. The molecule has 1 aliphatic heterocycles. The monoisotopic (exact) mass is 766 g/mol. The zero-order valence-corrected chi connectivity index (χ0v) is 31.7. The molecule has 6 rings (SSSR count). The van der Waals surface area contributed by atoms with E-state index in [9.17, 15) is 18.0 Å². The van der Waals surface area contributed by atoms with Crippen molar-refractivity contribution in [2.45, 2.75) is 71.0 Å². The van der Waals surface area contributed by atoms with Crippen LogP contribution in [0.5, 0.6) is 11.5 Å². The topological polar surface area (TPSA) is 133 Å². The Morgan fingerprint density at radius 1 is 1.06 bits per heavy atom. The molecule has 3 aromatic carbocycles. The summed E-state index contributed by atoms with van der Waals surface area (Å²) in [5.41, 5.74) is 0.262. The molecule has 0 fully saturated rings. The number of hydrogen-bond acceptors (Lipinski definition) is 8. The van der Waals surface area contributed by atoms with Crippen LogP contribution in [0.15, 0.2) is 59.6 Å². The summed E-state index contributed by atoms with van der Waals surface area (Å²) in [7, 11) is -4.00. The molecule has 15 heteroatoms. The number of ether oxygens (including phenoxy) is 3. The van der Waals surface area contributed by atoms with Gasteiger partial charge in [0.1, 0.15) is 39.7 Å². The maximum atomic E-state index is 16.6. The fourth-order valence-electron chi connectivity index (χ4n) is 6.72. The largest absolute Gasteiger partial charge is 0.466 e. The average Bonchev–Trinajstić information content (AvgIpc) is 3.68. The van der Waals surface area contributed by atoms with Gasteiger partial charge in [0, 0.05) is 59.3 Å². The van der Waals surface area contributed by atoms with Gasteiger partial charge in [0.15, 0.2) is 21.4 Å². The number of imidazole rings is 1. The number of fused-ring (bicyclic) bond motifs is 2. The van der Waals surface area contributed by atoms with Crippen LogP contribution in [0.2, 0.25) is 0 Å². The lowest BCUT2D eigenvalue weighted by atomic mass is 9.94. The Labute approximate surface area is 311 Å². The number of amides is 1. The number of aromatic nitrogens is 3. The lowest BCUT2D eigenvalue weighted by Crippen LogP contribution is -2.45. The molecule has 1 aliphatic rings. The second kappa shape index (κ2) is 14.5. The van der Waals surface area contributed by atoms with Crippen molar-refractivity contribution >= 4 is 32.8 Å². The number of hydrogen-bond donors (Lipinski definition) is 1. The minimum atomic E-state index is -4.00. The van der Waals surface area contributed by atoms with E-state index >= 15 is 13.2 Å². The Hall–Kier alpha value is -5.31. The third kappa shape index (κ3) is 7.41. The van der Waals surface area contributed by atoms with Crippen molar-refractivity contribution in [2.75, 3.05) is 19.4 Å². The van der Waals surface area contributed by atoms with E-state index in [1.165, 1.54) is 35.4 Å². The van der Waals surface area contributed by atoms with Crippen molar-refractivity contribution in [3.8, 4) is 22.8 Å². The number of nitrogens with one attached hydrogen (secondary N) is 1. The van der Waals surface area contributed by atoms with Crippen molar-refractivity contribution < 1.29 is 45.4 Å². The van der Waals surface area contributed by atoms with Gasteiger partial charge >= 0.3 is 12.1 Å². The van der Waals surface area contributed by atoms with Gasteiger partial charge in [0.2, 0.25) is 0 Å². The van der Waals surface area contributed by atoms with Crippen molar-refractivity contribution in [1.29, 1.82) is 0 Å². The van der Waals surface area contributed by atoms with Gasteiger partial charge < -0.3 is 23.8 Å². The minimum Gasteiger partial charge on any atom is -0.466 e. The first-order chi connectivity index (χ1) is 25.4. The number of rotatable bonds is 9. The van der Waals surface area contributed by atoms with Crippen molar-refractivity contribution in [1.82, 2.24) is 19.4 Å². The normalized spacial score (nSPS) is 15.2. The molecular formula is C39H41F3N4O7S. The van der Waals surface area contributed by atoms with Gasteiger partial charge in [0.25, 0.3) is 0 Å². The molecule has 0 radical (unpaired) electrons. The van der Waals surface area contributed by atoms with Gasteiger partial charge in [0.05, 0.1) is 18.2 Å². The fraction of sp³-hybridized carbons (Fsp3) is 0.359. The SMILES string of the molecule is CCOC(=O)C(C)Cc1cccc(C2c3nc(-c4cc(Oc5c(F)cc6[nH]ccc6c5S(C)(=O)=O)ccc4F)c(C)n3CCN2C(=O)OC(C)(C)C)c1F. The molecule has 0 spiro atoms. The molecule has 5 aromatic rings. The van der Waals surface area contributed by atoms with Crippen LogP contribution in [-0.4, -0.2) is 64.9 Å². The van der Waals surface area contributed by atoms with Crippen LogP contribution in [-0.2, 0) is 37.1 Å². The summed E-state index contributed by atoms with van der Waals surface area (Å²) < 4.78 is 91.9. The third-order valence-electron chi connectivity index (χ3n) is 9.12. The summed E-state index contributed by atoms with van der Waals surface area (Å²) in [5, 5.41) is 0.223. The zero-order chi connectivity index (χ0) is 39.3. The molecule has 286 valence electrons. The Balaban J connectivity index is 1.46. The zero-order valence-electron chi connectivity index (χ0n) is 30.9. The lowest BCUT2D eigenvalue weighted by Gasteiger charge is -2.37. The highest BCUT2D eigenvalue weighted by molar-refractivity contribution is 7.91. The van der Waals surface area contributed by atoms with Gasteiger partial charge in [-0.25, -0.2) is 31.4 Å². The average molecular weight is 767 g/mol. The van der Waals surface area contributed by atoms with Gasteiger partial charge in [-0.2, -0.15) is 0 Å². The highest BCUT2D eigenvalue weighted by Gasteiger charge is 2.40. The number of carbonyl (C=O) groups excluding carboxylic acids is 2. The Bertz CT molecular complexity index is 2380. The summed E-state index contributed by atoms with van der Waals surface area (Å²) in [6.45, 7) is 10.6. The van der Waals surface area contributed by atoms with E-state index in [1.807, 2.05) is 0 Å². The van der Waals surface area contributed by atoms with Crippen LogP contribution < -0.4 is 4.74 Å². The maximum absolute atomic E-state index is 16.6. The Morgan fingerprint density at radius 2 is 1.80 bits per heavy atom. The minimum absolute atomic E-state index is 0.0348. The number of H-pyrrole nitrogens is 1. The van der Waals surface area contributed by atoms with Crippen LogP contribution in [0.3, 0.4) is 0 Å². The predicted molar refractivity (Wildman–Crippen MR) is 194 cm³/mol. The van der Waals surface area contributed by atoms with Gasteiger partial charge in [-0.15, -0.1) is 0 Å². The van der Waals surface area contributed by atoms with Gasteiger partial charge in [-0.3, -0.25) is 9.69 Å². The van der Waals surface area contributed by atoms with Gasteiger partial charge in [-0.05, 0) is 70.9 Å². The Morgan fingerprint density at radius 3 is 2.48 bits per heavy atom. The second-order valence-electron chi connectivity index (χ2n) is 14.3. The number of nitrogens with zero attached hydrogens (tertiary/aromatic N) is 3. The number of benzene rings is 3. The molecule has 54 heavy (non-hydrogen) atoms. The maximum Gasteiger partial charge on any atom is 0.411 e. The van der Waals surface area contributed by atoms with Crippen LogP contribution in [0.1, 0.15) is 63.3 Å². The first kappa shape index (κ1) is 38.4. The summed E-state index contributed by atoms with van der Waals surface area (Å²) in [6, 6.07) is 9.80. The number of carbonyl (C=O) groups is 2. The molecule has 2 unspecified atom stereocenters. The number of halogens is 3. The van der Waals surface area contributed by atoms with Crippen LogP contribution in [0.25, 0.3) is 22.2 Å². The number of sulfone groups is 1. The molecule has 2 aromatic heterocycles. The lowest BCUT2D eigenvalue weighted by molar-refractivity contribution is -0.147. The first-order valence-electron chi connectivity index (χ1n) is 17.4. The fourth-order valence-corrected chi connectivity index (χ4v) is 7.77. The van der Waals surface area contributed by atoms with E-state index in [-0.39, 0.29) is 75.9 Å². The van der Waals surface area contributed by atoms with Crippen LogP contribution in [0.4, 0.5) is 18.0 Å². The molecule has 1 N–H and O–H groups in total. The smallest absolute Gasteiger partial charge is 0.411 e. The van der Waals surface area contributed by atoms with Crippen molar-refractivity contribution in [2.24, 2.45) is 5.92 Å². The highest BCUT2D eigenvalue weighted by atomic mass is 32.2. The quantitative estimate of drug-likeness (QED) is 0.149. The first-order valence-corrected chi connectivity index (χ1v) is 19.3. The van der Waals surface area contributed by atoms with Gasteiger partial charge in [-0.1, -0.05) is 25.1 Å². The highest BCUT2D eigenvalue weighted by Crippen LogP contribution is 2.42. The van der Waals surface area contributed by atoms with E-state index in [2.05, 4.69) is 4.98 Å². The van der Waals surface area contributed by atoms with E-state index in [0.29, 0.717) is 5.69 Å². The van der Waals surface area contributed by atoms with Crippen LogP contribution >= 0.6 is 0 Å². The van der Waals surface area contributed by atoms with E-state index < -0.39 is 62.7 Å². The molecule has 0 saturated carbocycles. The van der Waals surface area contributed by atoms with E-state index in [1.54, 1.807) is 58.2 Å². The van der Waals surface area contributed by atoms with Crippen molar-refractivity contribution in [3.63, 3.8) is 0 Å². The third-order valence-corrected chi connectivity index (χ3v) is 10.3. The van der Waals surface area contributed by atoms with E-state index in [4.69, 9.17) is 19.2 Å². The summed E-state index contributed by atoms with van der Waals surface area (Å²) >= 11 is 0. The summed E-state index contributed by atoms with van der Waals surface area (Å²) in [5.74, 6) is -3.83. The molecular weight excluding hydrogens is 726 g/mol. The molecule has 11 nitrogen and oxygen atoms in total. The Kier molecular flexibility index (Phi) is 10.3. The standard InChI is InChI=1S/C39H41F3N4O7S/c1-8-51-37(47)21(2)18-23-10-9-11-26(31(23)42)33-36-44-32(22(3)45(36)16-17-46(33)38(48)53-39(4,5)6)27-19-24(12-13-28(27)40)52-34-29(41)20-30-25(14-15-43-30)35(34)54(7,49)50/h9-15,19-21,33,43H,8,16-18H2,1-7H3. The molecule has 0 saturated heterocycles. The molecule has 1 amide bonds. The molecule has 3 heterocycles. The van der Waals surface area contributed by atoms with Crippen LogP contribution in [0, 0.1) is 30.3 Å². The molecule has 0 aliphatic carbocycles. The summed E-state index contributed by atoms with van der Waals surface area (Å²) in [6.07, 6.45) is 1.74. The van der Waals surface area contributed by atoms with Crippen molar-refractivity contribution in [3.05, 3.63) is 94.8 Å².